The van der Waals surface area contributed by atoms with Crippen molar-refractivity contribution < 1.29 is 36.6 Å². The van der Waals surface area contributed by atoms with Crippen molar-refractivity contribution in [2.75, 3.05) is 13.2 Å². The van der Waals surface area contributed by atoms with Crippen molar-refractivity contribution in [2.45, 2.75) is 87.1 Å². The molecule has 0 aliphatic carbocycles. The molecule has 0 saturated carbocycles. The van der Waals surface area contributed by atoms with E-state index in [1.807, 2.05) is 39.8 Å². The first-order chi connectivity index (χ1) is 23.5. The predicted octanol–water partition coefficient (Wildman–Crippen LogP) is 10.1. The van der Waals surface area contributed by atoms with Crippen molar-refractivity contribution in [3.05, 3.63) is 116 Å². The van der Waals surface area contributed by atoms with Crippen molar-refractivity contribution in [1.29, 1.82) is 0 Å². The third-order valence-electron chi connectivity index (χ3n) is 8.41. The van der Waals surface area contributed by atoms with Crippen LogP contribution in [0.1, 0.15) is 90.1 Å². The Hall–Kier alpha value is -4.50. The van der Waals surface area contributed by atoms with Gasteiger partial charge < -0.3 is 15.2 Å². The first kappa shape index (κ1) is 39.9. The molecule has 0 aliphatic rings. The Kier molecular flexibility index (Phi) is 13.9. The van der Waals surface area contributed by atoms with Crippen LogP contribution in [0.5, 0.6) is 0 Å². The molecule has 0 unspecified atom stereocenters. The summed E-state index contributed by atoms with van der Waals surface area (Å²) in [7, 11) is 0. The van der Waals surface area contributed by atoms with Crippen LogP contribution >= 0.6 is 0 Å². The van der Waals surface area contributed by atoms with Crippen LogP contribution in [-0.2, 0) is 19.1 Å². The van der Waals surface area contributed by atoms with Gasteiger partial charge in [0.15, 0.2) is 0 Å². The average Bonchev–Trinajstić information content (AvgIpc) is 2.99. The van der Waals surface area contributed by atoms with Crippen LogP contribution in [0.25, 0.3) is 22.3 Å². The molecule has 4 aromatic carbocycles. The lowest BCUT2D eigenvalue weighted by atomic mass is 9.89. The maximum Gasteiger partial charge on any atom is 0.307 e. The number of nitrogens with two attached hydrogens (primary N) is 1. The van der Waals surface area contributed by atoms with Crippen LogP contribution in [0.2, 0.25) is 0 Å². The molecule has 0 spiro atoms. The molecule has 4 aromatic rings. The summed E-state index contributed by atoms with van der Waals surface area (Å²) in [6.45, 7) is 16.3. The maximum atomic E-state index is 14.6. The van der Waals surface area contributed by atoms with E-state index in [9.17, 15) is 27.2 Å². The van der Waals surface area contributed by atoms with Gasteiger partial charge in [0, 0.05) is 22.7 Å². The minimum absolute atomic E-state index is 0.0863. The van der Waals surface area contributed by atoms with Crippen molar-refractivity contribution in [1.82, 2.24) is 0 Å². The van der Waals surface area contributed by atoms with E-state index in [1.54, 1.807) is 52.8 Å². The zero-order chi connectivity index (χ0) is 37.4. The van der Waals surface area contributed by atoms with Gasteiger partial charge in [-0.3, -0.25) is 9.59 Å². The number of ether oxygens (including phenoxy) is 2. The standard InChI is InChI=1S/C21H24F2O2.C20H23F2NO2/c1-6-25-19(24)10-13(3)17-11-16(9-15(5)21(17)23)20-14(4)7-12(2)8-18(20)22;1-5-25-18(24)10-17(23)15-9-14(8-13(4)20(15)22)19-12(3)6-11(2)7-16(19)21/h7-9,11,13H,6,10H2,1-5H3;6-9,17H,5,10,23H2,1-4H3/t13-;17-/m00/s1. The number of rotatable bonds is 10. The number of aryl methyl sites for hydroxylation is 6. The Morgan fingerprint density at radius 3 is 1.42 bits per heavy atom. The highest BCUT2D eigenvalue weighted by atomic mass is 19.1. The number of halogens is 4. The van der Waals surface area contributed by atoms with Crippen LogP contribution in [0, 0.1) is 64.8 Å². The van der Waals surface area contributed by atoms with E-state index in [-0.39, 0.29) is 54.4 Å². The van der Waals surface area contributed by atoms with E-state index >= 15 is 0 Å². The summed E-state index contributed by atoms with van der Waals surface area (Å²) >= 11 is 0. The highest BCUT2D eigenvalue weighted by molar-refractivity contribution is 5.74. The van der Waals surface area contributed by atoms with Crippen molar-refractivity contribution in [3.8, 4) is 22.3 Å². The average molecular weight is 694 g/mol. The molecule has 5 nitrogen and oxygen atoms in total. The highest BCUT2D eigenvalue weighted by Crippen LogP contribution is 2.35. The zero-order valence-electron chi connectivity index (χ0n) is 30.3. The van der Waals surface area contributed by atoms with Gasteiger partial charge in [-0.15, -0.1) is 0 Å². The quantitative estimate of drug-likeness (QED) is 0.132. The molecular formula is C41H47F4NO4. The van der Waals surface area contributed by atoms with Crippen LogP contribution in [-0.4, -0.2) is 25.2 Å². The second kappa shape index (κ2) is 17.4. The SMILES string of the molecule is CCOC(=O)C[C@H](C)c1cc(-c2c(C)cc(C)cc2F)cc(C)c1F.CCOC(=O)C[C@H](N)c1cc(-c2c(C)cc(C)cc2F)cc(C)c1F. The third-order valence-corrected chi connectivity index (χ3v) is 8.41. The fourth-order valence-electron chi connectivity index (χ4n) is 6.16. The van der Waals surface area contributed by atoms with Gasteiger partial charge in [0.05, 0.1) is 26.1 Å². The van der Waals surface area contributed by atoms with E-state index in [4.69, 9.17) is 15.2 Å². The zero-order valence-corrected chi connectivity index (χ0v) is 30.3. The number of carbonyl (C=O) groups is 2. The molecule has 0 radical (unpaired) electrons. The number of esters is 2. The van der Waals surface area contributed by atoms with Gasteiger partial charge in [-0.25, -0.2) is 17.6 Å². The van der Waals surface area contributed by atoms with Gasteiger partial charge in [-0.1, -0.05) is 19.1 Å². The van der Waals surface area contributed by atoms with Crippen molar-refractivity contribution >= 4 is 11.9 Å². The lowest BCUT2D eigenvalue weighted by molar-refractivity contribution is -0.144. The fraction of sp³-hybridized carbons (Fsp3) is 0.366. The Bertz CT molecular complexity index is 1690. The normalized spacial score (nSPS) is 12.1. The van der Waals surface area contributed by atoms with E-state index in [0.717, 1.165) is 22.3 Å². The summed E-state index contributed by atoms with van der Waals surface area (Å²) in [4.78, 5) is 23.4. The summed E-state index contributed by atoms with van der Waals surface area (Å²) < 4.78 is 67.9. The minimum Gasteiger partial charge on any atom is -0.466 e. The largest absolute Gasteiger partial charge is 0.466 e. The molecular weight excluding hydrogens is 646 g/mol. The summed E-state index contributed by atoms with van der Waals surface area (Å²) in [6, 6.07) is 12.2. The Labute approximate surface area is 292 Å². The summed E-state index contributed by atoms with van der Waals surface area (Å²) in [6.07, 6.45) is -0.0496. The van der Waals surface area contributed by atoms with E-state index in [2.05, 4.69) is 0 Å². The molecule has 0 heterocycles. The van der Waals surface area contributed by atoms with Gasteiger partial charge in [0.2, 0.25) is 0 Å². The molecule has 0 aliphatic heterocycles. The molecule has 2 N–H and O–H groups in total. The molecule has 268 valence electrons. The predicted molar refractivity (Wildman–Crippen MR) is 190 cm³/mol. The van der Waals surface area contributed by atoms with Crippen LogP contribution in [0.3, 0.4) is 0 Å². The molecule has 0 saturated heterocycles. The molecule has 0 bridgehead atoms. The first-order valence-corrected chi connectivity index (χ1v) is 16.7. The Morgan fingerprint density at radius 1 is 0.600 bits per heavy atom. The molecule has 0 amide bonds. The van der Waals surface area contributed by atoms with Crippen LogP contribution in [0.15, 0.2) is 48.5 Å². The highest BCUT2D eigenvalue weighted by Gasteiger charge is 2.22. The Balaban J connectivity index is 0.000000270. The van der Waals surface area contributed by atoms with E-state index in [0.29, 0.717) is 45.6 Å². The van der Waals surface area contributed by atoms with Gasteiger partial charge in [-0.2, -0.15) is 0 Å². The number of carbonyl (C=O) groups excluding carboxylic acids is 2. The second-order valence-corrected chi connectivity index (χ2v) is 12.8. The lowest BCUT2D eigenvalue weighted by Crippen LogP contribution is -2.19. The molecule has 9 heteroatoms. The maximum absolute atomic E-state index is 14.6. The number of hydrogen-bond donors (Lipinski definition) is 1. The topological polar surface area (TPSA) is 78.6 Å². The number of hydrogen-bond acceptors (Lipinski definition) is 5. The lowest BCUT2D eigenvalue weighted by Gasteiger charge is -2.17. The minimum atomic E-state index is -0.855. The van der Waals surface area contributed by atoms with Gasteiger partial charge >= 0.3 is 11.9 Å². The molecule has 4 rings (SSSR count). The molecule has 2 atom stereocenters. The van der Waals surface area contributed by atoms with Crippen molar-refractivity contribution in [3.63, 3.8) is 0 Å². The van der Waals surface area contributed by atoms with Crippen LogP contribution in [0.4, 0.5) is 17.6 Å². The van der Waals surface area contributed by atoms with Crippen molar-refractivity contribution in [2.24, 2.45) is 5.73 Å². The molecule has 50 heavy (non-hydrogen) atoms. The van der Waals surface area contributed by atoms with Gasteiger partial charge in [0.1, 0.15) is 23.3 Å². The molecule has 0 aromatic heterocycles. The second-order valence-electron chi connectivity index (χ2n) is 12.8. The summed E-state index contributed by atoms with van der Waals surface area (Å²) in [5, 5.41) is 0. The monoisotopic (exact) mass is 693 g/mol. The third kappa shape index (κ3) is 9.81. The van der Waals surface area contributed by atoms with Gasteiger partial charge in [-0.05, 0) is 148 Å². The first-order valence-electron chi connectivity index (χ1n) is 16.7. The Morgan fingerprint density at radius 2 is 1.00 bits per heavy atom. The van der Waals surface area contributed by atoms with E-state index < -0.39 is 17.8 Å². The number of benzene rings is 4. The van der Waals surface area contributed by atoms with Crippen LogP contribution < -0.4 is 5.73 Å². The summed E-state index contributed by atoms with van der Waals surface area (Å²) in [5.74, 6) is -2.74. The van der Waals surface area contributed by atoms with E-state index in [1.165, 1.54) is 18.2 Å². The molecule has 0 fully saturated rings. The summed E-state index contributed by atoms with van der Waals surface area (Å²) in [5.41, 5.74) is 12.7. The van der Waals surface area contributed by atoms with Gasteiger partial charge in [0.25, 0.3) is 0 Å². The smallest absolute Gasteiger partial charge is 0.307 e. The fourth-order valence-corrected chi connectivity index (χ4v) is 6.16.